The van der Waals surface area contributed by atoms with E-state index < -0.39 is 0 Å². The molecule has 0 aliphatic rings. The number of carbonyl (C=O) groups excluding carboxylic acids is 1. The fourth-order valence-electron chi connectivity index (χ4n) is 2.98. The maximum Gasteiger partial charge on any atom is 0.247 e. The smallest absolute Gasteiger partial charge is 0.247 e. The van der Waals surface area contributed by atoms with Crippen LogP contribution in [0.2, 0.25) is 0 Å². The number of hydrogen-bond acceptors (Lipinski definition) is 5. The number of anilines is 3. The molecule has 1 amide bonds. The van der Waals surface area contributed by atoms with Gasteiger partial charge in [-0.3, -0.25) is 4.79 Å². The summed E-state index contributed by atoms with van der Waals surface area (Å²) in [6.45, 7) is 3.48. The Labute approximate surface area is 167 Å². The molecule has 29 heavy (non-hydrogen) atoms. The van der Waals surface area contributed by atoms with Gasteiger partial charge in [0, 0.05) is 28.5 Å². The van der Waals surface area contributed by atoms with E-state index in [9.17, 15) is 9.90 Å². The summed E-state index contributed by atoms with van der Waals surface area (Å²) in [6, 6.07) is 20.1. The van der Waals surface area contributed by atoms with Crippen molar-refractivity contribution < 1.29 is 9.90 Å². The van der Waals surface area contributed by atoms with E-state index in [1.54, 1.807) is 30.5 Å². The summed E-state index contributed by atoms with van der Waals surface area (Å²) in [5, 5.41) is 16.3. The first-order valence-electron chi connectivity index (χ1n) is 8.98. The summed E-state index contributed by atoms with van der Waals surface area (Å²) in [5.74, 6) is 0.384. The molecule has 0 atom stereocenters. The molecule has 4 aromatic rings. The lowest BCUT2D eigenvalue weighted by molar-refractivity contribution is -0.111. The van der Waals surface area contributed by atoms with Gasteiger partial charge in [0.05, 0.1) is 5.52 Å². The molecular weight excluding hydrogens is 364 g/mol. The molecular formula is C23H18N4O2. The van der Waals surface area contributed by atoms with Crippen molar-refractivity contribution in [1.82, 2.24) is 9.97 Å². The van der Waals surface area contributed by atoms with Crippen molar-refractivity contribution in [3.05, 3.63) is 85.6 Å². The van der Waals surface area contributed by atoms with Gasteiger partial charge >= 0.3 is 0 Å². The minimum Gasteiger partial charge on any atom is -0.508 e. The number of amides is 1. The number of phenols is 1. The third-order valence-corrected chi connectivity index (χ3v) is 4.36. The number of fused-ring (bicyclic) bond motifs is 1. The summed E-state index contributed by atoms with van der Waals surface area (Å²) in [5.41, 5.74) is 4.09. The Morgan fingerprint density at radius 1 is 1.00 bits per heavy atom. The molecule has 0 spiro atoms. The van der Waals surface area contributed by atoms with Crippen LogP contribution in [0.15, 0.2) is 85.6 Å². The van der Waals surface area contributed by atoms with Gasteiger partial charge in [-0.25, -0.2) is 9.97 Å². The number of rotatable bonds is 5. The molecule has 0 saturated carbocycles. The van der Waals surface area contributed by atoms with E-state index in [0.717, 1.165) is 27.7 Å². The molecule has 6 nitrogen and oxygen atoms in total. The van der Waals surface area contributed by atoms with Gasteiger partial charge in [0.1, 0.15) is 5.75 Å². The lowest BCUT2D eigenvalue weighted by Crippen LogP contribution is -2.07. The van der Waals surface area contributed by atoms with Gasteiger partial charge in [-0.1, -0.05) is 36.9 Å². The van der Waals surface area contributed by atoms with E-state index in [1.807, 2.05) is 42.5 Å². The molecule has 0 aliphatic heterocycles. The quantitative estimate of drug-likeness (QED) is 0.339. The molecule has 3 aromatic carbocycles. The van der Waals surface area contributed by atoms with Gasteiger partial charge in [-0.05, 0) is 48.0 Å². The summed E-state index contributed by atoms with van der Waals surface area (Å²) in [7, 11) is 0. The summed E-state index contributed by atoms with van der Waals surface area (Å²) in [6.07, 6.45) is 3.00. The zero-order chi connectivity index (χ0) is 20.2. The highest BCUT2D eigenvalue weighted by Crippen LogP contribution is 2.30. The van der Waals surface area contributed by atoms with Crippen molar-refractivity contribution in [3.63, 3.8) is 0 Å². The van der Waals surface area contributed by atoms with E-state index in [-0.39, 0.29) is 11.7 Å². The molecule has 3 N–H and O–H groups in total. The van der Waals surface area contributed by atoms with E-state index >= 15 is 0 Å². The van der Waals surface area contributed by atoms with Gasteiger partial charge in [0.15, 0.2) is 0 Å². The van der Waals surface area contributed by atoms with E-state index in [2.05, 4.69) is 27.2 Å². The van der Waals surface area contributed by atoms with Crippen LogP contribution < -0.4 is 10.6 Å². The highest BCUT2D eigenvalue weighted by molar-refractivity contribution is 6.00. The Kier molecular flexibility index (Phi) is 4.90. The van der Waals surface area contributed by atoms with Crippen LogP contribution in [0.3, 0.4) is 0 Å². The monoisotopic (exact) mass is 382 g/mol. The zero-order valence-corrected chi connectivity index (χ0v) is 15.5. The first-order valence-corrected chi connectivity index (χ1v) is 8.98. The summed E-state index contributed by atoms with van der Waals surface area (Å²) in [4.78, 5) is 20.7. The molecule has 1 aromatic heterocycles. The zero-order valence-electron chi connectivity index (χ0n) is 15.5. The van der Waals surface area contributed by atoms with Crippen LogP contribution in [-0.4, -0.2) is 21.0 Å². The van der Waals surface area contributed by atoms with Crippen LogP contribution >= 0.6 is 0 Å². The van der Waals surface area contributed by atoms with Crippen LogP contribution in [0.4, 0.5) is 17.3 Å². The van der Waals surface area contributed by atoms with E-state index in [4.69, 9.17) is 0 Å². The number of carbonyl (C=O) groups is 1. The third kappa shape index (κ3) is 4.06. The van der Waals surface area contributed by atoms with Crippen LogP contribution in [0.25, 0.3) is 22.0 Å². The van der Waals surface area contributed by atoms with Gasteiger partial charge in [-0.15, -0.1) is 0 Å². The number of aromatic hydroxyl groups is 1. The normalized spacial score (nSPS) is 10.5. The predicted molar refractivity (Wildman–Crippen MR) is 115 cm³/mol. The number of aromatic nitrogens is 2. The van der Waals surface area contributed by atoms with Crippen LogP contribution in [0, 0.1) is 0 Å². The van der Waals surface area contributed by atoms with Crippen molar-refractivity contribution in [2.75, 3.05) is 10.6 Å². The topological polar surface area (TPSA) is 87.1 Å². The standard InChI is InChI=1S/C23H18N4O2/c1-2-21(29)25-18-7-3-5-15(13-18)20-8-4-6-16-14-24-23(27-22(16)20)26-17-9-11-19(28)12-10-17/h2-14,28H,1H2,(H,25,29)(H,24,26,27). The maximum atomic E-state index is 11.6. The van der Waals surface area contributed by atoms with Gasteiger partial charge in [0.2, 0.25) is 11.9 Å². The molecule has 4 rings (SSSR count). The largest absolute Gasteiger partial charge is 0.508 e. The third-order valence-electron chi connectivity index (χ3n) is 4.36. The number of benzene rings is 3. The van der Waals surface area contributed by atoms with Crippen molar-refractivity contribution in [2.24, 2.45) is 0 Å². The van der Waals surface area contributed by atoms with Crippen molar-refractivity contribution in [1.29, 1.82) is 0 Å². The molecule has 0 bridgehead atoms. The Hall–Kier alpha value is -4.19. The van der Waals surface area contributed by atoms with E-state index in [0.29, 0.717) is 11.6 Å². The minimum atomic E-state index is -0.261. The van der Waals surface area contributed by atoms with E-state index in [1.165, 1.54) is 6.08 Å². The first-order chi connectivity index (χ1) is 14.1. The first kappa shape index (κ1) is 18.2. The number of hydrogen-bond donors (Lipinski definition) is 3. The van der Waals surface area contributed by atoms with Gasteiger partial charge in [-0.2, -0.15) is 0 Å². The average Bonchev–Trinajstić information content (AvgIpc) is 2.75. The van der Waals surface area contributed by atoms with Gasteiger partial charge < -0.3 is 15.7 Å². The van der Waals surface area contributed by atoms with Crippen LogP contribution in [0.5, 0.6) is 5.75 Å². The number of phenolic OH excluding ortho intramolecular Hbond substituents is 1. The Balaban J connectivity index is 1.73. The van der Waals surface area contributed by atoms with Crippen molar-refractivity contribution in [3.8, 4) is 16.9 Å². The van der Waals surface area contributed by atoms with Crippen LogP contribution in [0.1, 0.15) is 0 Å². The molecule has 0 aliphatic carbocycles. The molecule has 0 saturated heterocycles. The second-order valence-electron chi connectivity index (χ2n) is 6.38. The lowest BCUT2D eigenvalue weighted by Gasteiger charge is -2.10. The predicted octanol–water partition coefficient (Wildman–Crippen LogP) is 4.87. The molecule has 0 fully saturated rings. The molecule has 6 heteroatoms. The molecule has 0 unspecified atom stereocenters. The fourth-order valence-corrected chi connectivity index (χ4v) is 2.98. The summed E-state index contributed by atoms with van der Waals surface area (Å²) >= 11 is 0. The Morgan fingerprint density at radius 2 is 1.79 bits per heavy atom. The second-order valence-corrected chi connectivity index (χ2v) is 6.38. The Bertz CT molecular complexity index is 1200. The van der Waals surface area contributed by atoms with Crippen LogP contribution in [-0.2, 0) is 4.79 Å². The number of nitrogens with zero attached hydrogens (tertiary/aromatic N) is 2. The fraction of sp³-hybridized carbons (Fsp3) is 0. The highest BCUT2D eigenvalue weighted by atomic mass is 16.3. The number of nitrogens with one attached hydrogen (secondary N) is 2. The SMILES string of the molecule is C=CC(=O)Nc1cccc(-c2cccc3cnc(Nc4ccc(O)cc4)nc23)c1. The summed E-state index contributed by atoms with van der Waals surface area (Å²) < 4.78 is 0. The minimum absolute atomic E-state index is 0.195. The number of para-hydroxylation sites is 1. The molecule has 1 heterocycles. The van der Waals surface area contributed by atoms with Crippen molar-refractivity contribution in [2.45, 2.75) is 0 Å². The van der Waals surface area contributed by atoms with Gasteiger partial charge in [0.25, 0.3) is 0 Å². The Morgan fingerprint density at radius 3 is 2.59 bits per heavy atom. The molecule has 0 radical (unpaired) electrons. The van der Waals surface area contributed by atoms with Crippen molar-refractivity contribution >= 4 is 34.1 Å². The second kappa shape index (κ2) is 7.82. The highest BCUT2D eigenvalue weighted by Gasteiger charge is 2.09. The average molecular weight is 382 g/mol. The lowest BCUT2D eigenvalue weighted by atomic mass is 10.0. The molecule has 142 valence electrons. The maximum absolute atomic E-state index is 11.6.